The monoisotopic (exact) mass is 404 g/mol. The second-order valence-corrected chi connectivity index (χ2v) is 5.93. The van der Waals surface area contributed by atoms with Gasteiger partial charge in [-0.05, 0) is 19.3 Å². The van der Waals surface area contributed by atoms with Crippen LogP contribution in [0.1, 0.15) is 38.5 Å². The minimum atomic E-state index is -1.40. The van der Waals surface area contributed by atoms with Crippen LogP contribution in [-0.2, 0) is 28.8 Å². The molecular formula is C15H24N4O9. The summed E-state index contributed by atoms with van der Waals surface area (Å²) < 4.78 is 0. The molecule has 0 spiro atoms. The van der Waals surface area contributed by atoms with Crippen molar-refractivity contribution in [3.05, 3.63) is 0 Å². The first kappa shape index (κ1) is 24.8. The first-order valence-corrected chi connectivity index (χ1v) is 8.25. The molecule has 13 nitrogen and oxygen atoms in total. The summed E-state index contributed by atoms with van der Waals surface area (Å²) in [6.45, 7) is 0. The van der Waals surface area contributed by atoms with E-state index in [0.717, 1.165) is 0 Å². The van der Waals surface area contributed by atoms with Gasteiger partial charge in [-0.1, -0.05) is 0 Å². The standard InChI is InChI=1S/C15H24N4O9/c16-7(1-4-10(20)21)14(27)19-9(3-6-12(24)25)15(28)18-8(13(17)26)2-5-11(22)23/h7-9H,1-6,16H2,(H2,17,26)(H,18,28)(H,19,27)(H,20,21)(H,22,23)(H,24,25). The predicted molar refractivity (Wildman–Crippen MR) is 91.6 cm³/mol. The Balaban J connectivity index is 5.08. The lowest BCUT2D eigenvalue weighted by Gasteiger charge is -2.22. The Bertz CT molecular complexity index is 623. The van der Waals surface area contributed by atoms with Crippen molar-refractivity contribution in [3.63, 3.8) is 0 Å². The lowest BCUT2D eigenvalue weighted by atomic mass is 10.1. The second-order valence-electron chi connectivity index (χ2n) is 5.93. The van der Waals surface area contributed by atoms with Gasteiger partial charge in [-0.3, -0.25) is 28.8 Å². The van der Waals surface area contributed by atoms with Crippen LogP contribution in [-0.4, -0.2) is 69.1 Å². The number of rotatable bonds is 14. The second kappa shape index (κ2) is 12.2. The van der Waals surface area contributed by atoms with Crippen molar-refractivity contribution in [2.24, 2.45) is 11.5 Å². The molecule has 13 heteroatoms. The third-order valence-electron chi connectivity index (χ3n) is 3.59. The van der Waals surface area contributed by atoms with Crippen LogP contribution in [0.4, 0.5) is 0 Å². The topological polar surface area (TPSA) is 239 Å². The van der Waals surface area contributed by atoms with Crippen LogP contribution in [0.15, 0.2) is 0 Å². The van der Waals surface area contributed by atoms with Gasteiger partial charge in [0.25, 0.3) is 0 Å². The largest absolute Gasteiger partial charge is 0.481 e. The zero-order valence-electron chi connectivity index (χ0n) is 14.9. The molecule has 0 radical (unpaired) electrons. The molecule has 3 amide bonds. The first-order chi connectivity index (χ1) is 12.9. The van der Waals surface area contributed by atoms with Gasteiger partial charge in [0, 0.05) is 19.3 Å². The Hall–Kier alpha value is -3.22. The van der Waals surface area contributed by atoms with Crippen molar-refractivity contribution in [1.82, 2.24) is 10.6 Å². The highest BCUT2D eigenvalue weighted by Gasteiger charge is 2.28. The molecule has 0 aromatic carbocycles. The van der Waals surface area contributed by atoms with E-state index in [-0.39, 0.29) is 25.7 Å². The van der Waals surface area contributed by atoms with Gasteiger partial charge in [0.15, 0.2) is 0 Å². The Morgan fingerprint density at radius 1 is 0.679 bits per heavy atom. The summed E-state index contributed by atoms with van der Waals surface area (Å²) in [5.41, 5.74) is 10.6. The van der Waals surface area contributed by atoms with E-state index in [1.54, 1.807) is 0 Å². The number of carboxylic acid groups (broad SMARTS) is 3. The number of hydrogen-bond donors (Lipinski definition) is 7. The lowest BCUT2D eigenvalue weighted by Crippen LogP contribution is -2.55. The molecule has 0 aromatic rings. The van der Waals surface area contributed by atoms with Gasteiger partial charge in [-0.25, -0.2) is 0 Å². The number of nitrogens with two attached hydrogens (primary N) is 2. The van der Waals surface area contributed by atoms with Crippen LogP contribution in [0, 0.1) is 0 Å². The van der Waals surface area contributed by atoms with E-state index in [9.17, 15) is 28.8 Å². The zero-order chi connectivity index (χ0) is 21.9. The molecule has 0 aliphatic heterocycles. The van der Waals surface area contributed by atoms with Gasteiger partial charge >= 0.3 is 17.9 Å². The Kier molecular flexibility index (Phi) is 10.8. The first-order valence-electron chi connectivity index (χ1n) is 8.25. The summed E-state index contributed by atoms with van der Waals surface area (Å²) in [6.07, 6.45) is -2.20. The predicted octanol–water partition coefficient (Wildman–Crippen LogP) is -2.64. The molecule has 0 fully saturated rings. The van der Waals surface area contributed by atoms with Crippen LogP contribution in [0.3, 0.4) is 0 Å². The maximum Gasteiger partial charge on any atom is 0.303 e. The Labute approximate surface area is 159 Å². The van der Waals surface area contributed by atoms with Crippen LogP contribution in [0.25, 0.3) is 0 Å². The molecule has 0 rings (SSSR count). The number of carbonyl (C=O) groups excluding carboxylic acids is 3. The molecule has 0 heterocycles. The number of aliphatic carboxylic acids is 3. The van der Waals surface area contributed by atoms with Crippen molar-refractivity contribution in [2.45, 2.75) is 56.7 Å². The molecular weight excluding hydrogens is 380 g/mol. The molecule has 0 aliphatic rings. The van der Waals surface area contributed by atoms with E-state index < -0.39 is 66.6 Å². The summed E-state index contributed by atoms with van der Waals surface area (Å²) in [4.78, 5) is 67.6. The SMILES string of the molecule is NC(=O)C(CCC(=O)O)NC(=O)C(CCC(=O)O)NC(=O)C(N)CCC(=O)O. The zero-order valence-corrected chi connectivity index (χ0v) is 14.9. The Morgan fingerprint density at radius 2 is 1.07 bits per heavy atom. The van der Waals surface area contributed by atoms with E-state index in [1.807, 2.05) is 0 Å². The van der Waals surface area contributed by atoms with E-state index in [4.69, 9.17) is 26.8 Å². The molecule has 0 saturated carbocycles. The van der Waals surface area contributed by atoms with Crippen LogP contribution in [0.2, 0.25) is 0 Å². The van der Waals surface area contributed by atoms with E-state index >= 15 is 0 Å². The maximum absolute atomic E-state index is 12.3. The van der Waals surface area contributed by atoms with Crippen molar-refractivity contribution in [1.29, 1.82) is 0 Å². The van der Waals surface area contributed by atoms with Crippen LogP contribution >= 0.6 is 0 Å². The maximum atomic E-state index is 12.3. The van der Waals surface area contributed by atoms with Gasteiger partial charge in [0.1, 0.15) is 12.1 Å². The number of hydrogen-bond acceptors (Lipinski definition) is 7. The van der Waals surface area contributed by atoms with E-state index in [2.05, 4.69) is 10.6 Å². The number of amides is 3. The molecule has 3 atom stereocenters. The molecule has 158 valence electrons. The molecule has 0 saturated heterocycles. The molecule has 3 unspecified atom stereocenters. The third-order valence-corrected chi connectivity index (χ3v) is 3.59. The van der Waals surface area contributed by atoms with Gasteiger partial charge in [0.2, 0.25) is 17.7 Å². The van der Waals surface area contributed by atoms with Gasteiger partial charge in [-0.2, -0.15) is 0 Å². The van der Waals surface area contributed by atoms with Gasteiger partial charge < -0.3 is 37.4 Å². The average Bonchev–Trinajstić information content (AvgIpc) is 2.58. The van der Waals surface area contributed by atoms with Gasteiger partial charge in [-0.15, -0.1) is 0 Å². The number of carboxylic acids is 3. The van der Waals surface area contributed by atoms with Crippen molar-refractivity contribution in [3.8, 4) is 0 Å². The highest BCUT2D eigenvalue weighted by molar-refractivity contribution is 5.93. The summed E-state index contributed by atoms with van der Waals surface area (Å²) in [5, 5.41) is 30.4. The molecule has 0 bridgehead atoms. The lowest BCUT2D eigenvalue weighted by molar-refractivity contribution is -0.139. The average molecular weight is 404 g/mol. The smallest absolute Gasteiger partial charge is 0.303 e. The normalized spacial score (nSPS) is 13.6. The fraction of sp³-hybridized carbons (Fsp3) is 0.600. The number of nitrogens with one attached hydrogen (secondary N) is 2. The van der Waals surface area contributed by atoms with E-state index in [1.165, 1.54) is 0 Å². The highest BCUT2D eigenvalue weighted by Crippen LogP contribution is 2.04. The highest BCUT2D eigenvalue weighted by atomic mass is 16.4. The molecule has 0 aromatic heterocycles. The van der Waals surface area contributed by atoms with Crippen molar-refractivity contribution < 1.29 is 44.1 Å². The van der Waals surface area contributed by atoms with Crippen molar-refractivity contribution >= 4 is 35.6 Å². The number of primary amides is 1. The number of carbonyl (C=O) groups is 6. The summed E-state index contributed by atoms with van der Waals surface area (Å²) in [6, 6.07) is -3.99. The third kappa shape index (κ3) is 10.7. The summed E-state index contributed by atoms with van der Waals surface area (Å²) in [5.74, 6) is -6.48. The molecule has 0 aliphatic carbocycles. The van der Waals surface area contributed by atoms with Gasteiger partial charge in [0.05, 0.1) is 6.04 Å². The minimum Gasteiger partial charge on any atom is -0.481 e. The van der Waals surface area contributed by atoms with Crippen LogP contribution in [0.5, 0.6) is 0 Å². The fourth-order valence-corrected chi connectivity index (χ4v) is 2.05. The Morgan fingerprint density at radius 3 is 1.50 bits per heavy atom. The molecule has 9 N–H and O–H groups in total. The van der Waals surface area contributed by atoms with Crippen molar-refractivity contribution in [2.75, 3.05) is 0 Å². The summed E-state index contributed by atoms with van der Waals surface area (Å²) >= 11 is 0. The quantitative estimate of drug-likeness (QED) is 0.159. The fourth-order valence-electron chi connectivity index (χ4n) is 2.05. The molecule has 28 heavy (non-hydrogen) atoms. The van der Waals surface area contributed by atoms with E-state index in [0.29, 0.717) is 0 Å². The minimum absolute atomic E-state index is 0.211. The summed E-state index contributed by atoms with van der Waals surface area (Å²) in [7, 11) is 0. The van der Waals surface area contributed by atoms with Crippen LogP contribution < -0.4 is 22.1 Å².